The monoisotopic (exact) mass is 324 g/mol. The molecule has 0 bridgehead atoms. The van der Waals surface area contributed by atoms with Crippen molar-refractivity contribution >= 4 is 21.6 Å². The van der Waals surface area contributed by atoms with Crippen molar-refractivity contribution in [2.24, 2.45) is 0 Å². The van der Waals surface area contributed by atoms with Gasteiger partial charge in [0.05, 0.1) is 0 Å². The number of nitrogens with one attached hydrogen (secondary N) is 2. The molecule has 1 saturated heterocycles. The summed E-state index contributed by atoms with van der Waals surface area (Å²) in [4.78, 5) is 0. The van der Waals surface area contributed by atoms with Crippen molar-refractivity contribution in [1.29, 1.82) is 0 Å². The Morgan fingerprint density at radius 1 is 1.37 bits per heavy atom. The van der Waals surface area contributed by atoms with E-state index in [-0.39, 0.29) is 0 Å². The summed E-state index contributed by atoms with van der Waals surface area (Å²) in [6, 6.07) is 7.68. The second-order valence-electron chi connectivity index (χ2n) is 5.75. The van der Waals surface area contributed by atoms with Crippen molar-refractivity contribution in [3.8, 4) is 0 Å². The Kier molecular flexibility index (Phi) is 5.71. The summed E-state index contributed by atoms with van der Waals surface area (Å²) in [5.74, 6) is 0. The van der Waals surface area contributed by atoms with Crippen molar-refractivity contribution in [1.82, 2.24) is 5.32 Å². The molecular formula is C16H25BrN2. The summed E-state index contributed by atoms with van der Waals surface area (Å²) in [6.45, 7) is 5.58. The third-order valence-corrected chi connectivity index (χ3v) is 4.74. The van der Waals surface area contributed by atoms with Gasteiger partial charge in [0.15, 0.2) is 0 Å². The summed E-state index contributed by atoms with van der Waals surface area (Å²) < 4.78 is 1.18. The van der Waals surface area contributed by atoms with Crippen molar-refractivity contribution in [3.05, 3.63) is 28.2 Å². The van der Waals surface area contributed by atoms with Crippen LogP contribution in [0.3, 0.4) is 0 Å². The van der Waals surface area contributed by atoms with Gasteiger partial charge in [0.25, 0.3) is 0 Å². The highest BCUT2D eigenvalue weighted by molar-refractivity contribution is 9.10. The molecule has 2 N–H and O–H groups in total. The molecule has 0 saturated carbocycles. The fourth-order valence-corrected chi connectivity index (χ4v) is 3.13. The van der Waals surface area contributed by atoms with E-state index in [0.717, 1.165) is 0 Å². The Balaban J connectivity index is 1.85. The second kappa shape index (κ2) is 7.30. The largest absolute Gasteiger partial charge is 0.383 e. The van der Waals surface area contributed by atoms with E-state index in [1.54, 1.807) is 0 Å². The minimum absolute atomic E-state index is 0.505. The maximum Gasteiger partial charge on any atom is 0.0353 e. The topological polar surface area (TPSA) is 24.1 Å². The molecule has 2 unspecified atom stereocenters. The van der Waals surface area contributed by atoms with Gasteiger partial charge in [0, 0.05) is 22.2 Å². The summed E-state index contributed by atoms with van der Waals surface area (Å²) in [6.07, 6.45) is 6.62. The minimum Gasteiger partial charge on any atom is -0.383 e. The summed E-state index contributed by atoms with van der Waals surface area (Å²) in [5.41, 5.74) is 2.49. The molecule has 2 atom stereocenters. The van der Waals surface area contributed by atoms with Gasteiger partial charge in [-0.3, -0.25) is 0 Å². The lowest BCUT2D eigenvalue weighted by Crippen LogP contribution is -2.33. The van der Waals surface area contributed by atoms with Crippen LogP contribution in [0.5, 0.6) is 0 Å². The molecule has 1 heterocycles. The van der Waals surface area contributed by atoms with E-state index in [4.69, 9.17) is 0 Å². The van der Waals surface area contributed by atoms with E-state index in [0.29, 0.717) is 12.1 Å². The highest BCUT2D eigenvalue weighted by atomic mass is 79.9. The first kappa shape index (κ1) is 14.9. The number of benzene rings is 1. The van der Waals surface area contributed by atoms with Crippen LogP contribution in [-0.4, -0.2) is 18.6 Å². The summed E-state index contributed by atoms with van der Waals surface area (Å²) in [5, 5.41) is 7.28. The quantitative estimate of drug-likeness (QED) is 0.853. The lowest BCUT2D eigenvalue weighted by atomic mass is 10.0. The zero-order valence-electron chi connectivity index (χ0n) is 12.0. The number of anilines is 1. The smallest absolute Gasteiger partial charge is 0.0353 e. The fraction of sp³-hybridized carbons (Fsp3) is 0.625. The first-order valence-electron chi connectivity index (χ1n) is 7.41. The number of hydrogen-bond donors (Lipinski definition) is 2. The lowest BCUT2D eigenvalue weighted by molar-refractivity contribution is 0.456. The van der Waals surface area contributed by atoms with Gasteiger partial charge < -0.3 is 10.6 Å². The molecule has 1 aliphatic heterocycles. The SMILES string of the molecule is Cc1ccc(NC(C)CC2CCCCCN2)cc1Br. The standard InChI is InChI=1S/C16H25BrN2/c1-12-7-8-15(11-16(12)17)19-13(2)10-14-6-4-3-5-9-18-14/h7-8,11,13-14,18-19H,3-6,9-10H2,1-2H3. The first-order valence-corrected chi connectivity index (χ1v) is 8.20. The zero-order chi connectivity index (χ0) is 13.7. The van der Waals surface area contributed by atoms with Gasteiger partial charge in [-0.05, 0) is 57.4 Å². The van der Waals surface area contributed by atoms with Gasteiger partial charge in [0.2, 0.25) is 0 Å². The van der Waals surface area contributed by atoms with Gasteiger partial charge in [-0.2, -0.15) is 0 Å². The number of hydrogen-bond acceptors (Lipinski definition) is 2. The van der Waals surface area contributed by atoms with E-state index < -0.39 is 0 Å². The van der Waals surface area contributed by atoms with Crippen LogP contribution in [-0.2, 0) is 0 Å². The Morgan fingerprint density at radius 2 is 2.21 bits per heavy atom. The molecule has 1 aromatic carbocycles. The van der Waals surface area contributed by atoms with Crippen LogP contribution in [0.15, 0.2) is 22.7 Å². The average molecular weight is 325 g/mol. The third kappa shape index (κ3) is 4.81. The molecule has 0 aromatic heterocycles. The normalized spacial score (nSPS) is 21.7. The maximum absolute atomic E-state index is 3.67. The van der Waals surface area contributed by atoms with Crippen LogP contribution in [0.1, 0.15) is 44.6 Å². The molecule has 106 valence electrons. The van der Waals surface area contributed by atoms with Gasteiger partial charge in [0.1, 0.15) is 0 Å². The minimum atomic E-state index is 0.505. The molecule has 3 heteroatoms. The average Bonchev–Trinajstić information content (AvgIpc) is 2.62. The Morgan fingerprint density at radius 3 is 3.00 bits per heavy atom. The van der Waals surface area contributed by atoms with Crippen LogP contribution in [0, 0.1) is 6.92 Å². The molecule has 1 aromatic rings. The van der Waals surface area contributed by atoms with Gasteiger partial charge >= 0.3 is 0 Å². The third-order valence-electron chi connectivity index (χ3n) is 3.89. The van der Waals surface area contributed by atoms with Gasteiger partial charge in [-0.1, -0.05) is 34.8 Å². The van der Waals surface area contributed by atoms with E-state index in [2.05, 4.69) is 58.6 Å². The highest BCUT2D eigenvalue weighted by Gasteiger charge is 2.14. The number of aryl methyl sites for hydroxylation is 1. The Bertz CT molecular complexity index is 398. The summed E-state index contributed by atoms with van der Waals surface area (Å²) >= 11 is 3.59. The molecule has 0 spiro atoms. The van der Waals surface area contributed by atoms with Crippen LogP contribution in [0.2, 0.25) is 0 Å². The Hall–Kier alpha value is -0.540. The van der Waals surface area contributed by atoms with Crippen molar-refractivity contribution in [3.63, 3.8) is 0 Å². The Labute approximate surface area is 125 Å². The first-order chi connectivity index (χ1) is 9.15. The number of rotatable bonds is 4. The molecule has 1 fully saturated rings. The molecular weight excluding hydrogens is 300 g/mol. The van der Waals surface area contributed by atoms with Crippen LogP contribution < -0.4 is 10.6 Å². The van der Waals surface area contributed by atoms with Crippen LogP contribution in [0.4, 0.5) is 5.69 Å². The van der Waals surface area contributed by atoms with Crippen LogP contribution in [0.25, 0.3) is 0 Å². The van der Waals surface area contributed by atoms with Crippen molar-refractivity contribution in [2.75, 3.05) is 11.9 Å². The number of halogens is 1. The molecule has 0 aliphatic carbocycles. The summed E-state index contributed by atoms with van der Waals surface area (Å²) in [7, 11) is 0. The van der Waals surface area contributed by atoms with Crippen molar-refractivity contribution in [2.45, 2.75) is 58.0 Å². The second-order valence-corrected chi connectivity index (χ2v) is 6.60. The lowest BCUT2D eigenvalue weighted by Gasteiger charge is -2.22. The zero-order valence-corrected chi connectivity index (χ0v) is 13.6. The maximum atomic E-state index is 3.67. The highest BCUT2D eigenvalue weighted by Crippen LogP contribution is 2.22. The molecule has 1 aliphatic rings. The van der Waals surface area contributed by atoms with Crippen molar-refractivity contribution < 1.29 is 0 Å². The van der Waals surface area contributed by atoms with E-state index in [1.165, 1.54) is 54.4 Å². The van der Waals surface area contributed by atoms with E-state index in [9.17, 15) is 0 Å². The molecule has 0 amide bonds. The molecule has 19 heavy (non-hydrogen) atoms. The van der Waals surface area contributed by atoms with E-state index in [1.807, 2.05) is 0 Å². The predicted octanol–water partition coefficient (Wildman–Crippen LogP) is 4.48. The molecule has 2 rings (SSSR count). The molecule has 2 nitrogen and oxygen atoms in total. The predicted molar refractivity (Wildman–Crippen MR) is 86.8 cm³/mol. The van der Waals surface area contributed by atoms with E-state index >= 15 is 0 Å². The molecule has 0 radical (unpaired) electrons. The fourth-order valence-electron chi connectivity index (χ4n) is 2.75. The van der Waals surface area contributed by atoms with Gasteiger partial charge in [-0.15, -0.1) is 0 Å². The van der Waals surface area contributed by atoms with Crippen LogP contribution >= 0.6 is 15.9 Å². The van der Waals surface area contributed by atoms with Gasteiger partial charge in [-0.25, -0.2) is 0 Å².